The molecule has 0 aliphatic heterocycles. The molecule has 0 amide bonds. The quantitative estimate of drug-likeness (QED) is 0.590. The Hall–Kier alpha value is -0.0400. The first-order chi connectivity index (χ1) is 9.14. The second kappa shape index (κ2) is 9.00. The molecule has 1 unspecified atom stereocenters. The molecule has 1 nitrogen and oxygen atoms in total. The van der Waals surface area contributed by atoms with Gasteiger partial charge < -0.3 is 5.32 Å². The first-order valence-corrected chi connectivity index (χ1v) is 8.85. The van der Waals surface area contributed by atoms with E-state index in [1.54, 1.807) is 0 Å². The molecule has 0 heterocycles. The van der Waals surface area contributed by atoms with Gasteiger partial charge in [-0.1, -0.05) is 59.8 Å². The highest BCUT2D eigenvalue weighted by Gasteiger charge is 2.36. The van der Waals surface area contributed by atoms with E-state index in [0.29, 0.717) is 5.41 Å². The summed E-state index contributed by atoms with van der Waals surface area (Å²) in [5.74, 6) is 1.75. The van der Waals surface area contributed by atoms with Crippen LogP contribution in [0, 0.1) is 17.3 Å². The second-order valence-electron chi connectivity index (χ2n) is 7.18. The van der Waals surface area contributed by atoms with Gasteiger partial charge in [-0.15, -0.1) is 0 Å². The zero-order chi connectivity index (χ0) is 14.1. The Bertz CT molecular complexity index is 218. The highest BCUT2D eigenvalue weighted by atomic mass is 14.9. The van der Waals surface area contributed by atoms with Crippen LogP contribution < -0.4 is 5.32 Å². The summed E-state index contributed by atoms with van der Waals surface area (Å²) in [6.07, 6.45) is 13.0. The van der Waals surface area contributed by atoms with Gasteiger partial charge in [0.2, 0.25) is 0 Å². The summed E-state index contributed by atoms with van der Waals surface area (Å²) in [6, 6.07) is 0. The fourth-order valence-corrected chi connectivity index (χ4v) is 3.88. The van der Waals surface area contributed by atoms with Crippen molar-refractivity contribution in [3.05, 3.63) is 0 Å². The fraction of sp³-hybridized carbons (Fsp3) is 1.00. The number of rotatable bonds is 9. The van der Waals surface area contributed by atoms with Crippen LogP contribution in [0.25, 0.3) is 0 Å². The average molecular weight is 268 g/mol. The van der Waals surface area contributed by atoms with Gasteiger partial charge in [-0.2, -0.15) is 0 Å². The Morgan fingerprint density at radius 1 is 1.11 bits per heavy atom. The van der Waals surface area contributed by atoms with Crippen LogP contribution in [0.4, 0.5) is 0 Å². The zero-order valence-electron chi connectivity index (χ0n) is 13.9. The molecule has 1 aliphatic rings. The van der Waals surface area contributed by atoms with Crippen LogP contribution in [-0.4, -0.2) is 13.1 Å². The lowest BCUT2D eigenvalue weighted by molar-refractivity contribution is 0.0920. The molecule has 1 atom stereocenters. The van der Waals surface area contributed by atoms with Gasteiger partial charge in [-0.25, -0.2) is 0 Å². The van der Waals surface area contributed by atoms with Crippen LogP contribution in [0.3, 0.4) is 0 Å². The molecule has 0 aromatic carbocycles. The van der Waals surface area contributed by atoms with E-state index in [2.05, 4.69) is 33.0 Å². The molecule has 19 heavy (non-hydrogen) atoms. The molecule has 0 aromatic rings. The van der Waals surface area contributed by atoms with Crippen LogP contribution >= 0.6 is 0 Å². The normalized spacial score (nSPS) is 20.7. The summed E-state index contributed by atoms with van der Waals surface area (Å²) in [5.41, 5.74) is 0.589. The van der Waals surface area contributed by atoms with Crippen molar-refractivity contribution in [2.45, 2.75) is 85.5 Å². The molecule has 0 radical (unpaired) electrons. The van der Waals surface area contributed by atoms with Crippen LogP contribution in [0.2, 0.25) is 0 Å². The molecule has 1 saturated carbocycles. The van der Waals surface area contributed by atoms with Crippen molar-refractivity contribution in [1.82, 2.24) is 5.32 Å². The predicted octanol–water partition coefficient (Wildman–Crippen LogP) is 5.40. The van der Waals surface area contributed by atoms with Crippen molar-refractivity contribution in [2.24, 2.45) is 17.3 Å². The lowest BCUT2D eigenvalue weighted by Crippen LogP contribution is -2.42. The molecular weight excluding hydrogens is 230 g/mol. The molecule has 1 heteroatoms. The van der Waals surface area contributed by atoms with E-state index in [1.807, 2.05) is 0 Å². The maximum Gasteiger partial charge on any atom is 0.00105 e. The van der Waals surface area contributed by atoms with Crippen molar-refractivity contribution >= 4 is 0 Å². The summed E-state index contributed by atoms with van der Waals surface area (Å²) in [5, 5.41) is 3.78. The number of hydrogen-bond donors (Lipinski definition) is 1. The van der Waals surface area contributed by atoms with Crippen molar-refractivity contribution in [2.75, 3.05) is 13.1 Å². The molecule has 0 aromatic heterocycles. The molecule has 1 fully saturated rings. The van der Waals surface area contributed by atoms with Gasteiger partial charge >= 0.3 is 0 Å². The van der Waals surface area contributed by atoms with Crippen molar-refractivity contribution in [1.29, 1.82) is 0 Å². The lowest BCUT2D eigenvalue weighted by Gasteiger charge is -2.43. The summed E-state index contributed by atoms with van der Waals surface area (Å²) in [6.45, 7) is 11.8. The standard InChI is InChI=1S/C18H37N/c1-5-7-13-18(6-2,15-19-14-16(3)4)17-11-9-8-10-12-17/h16-17,19H,5-15H2,1-4H3. The number of unbranched alkanes of at least 4 members (excludes halogenated alkanes) is 1. The van der Waals surface area contributed by atoms with E-state index in [4.69, 9.17) is 0 Å². The minimum absolute atomic E-state index is 0.589. The highest BCUT2D eigenvalue weighted by Crippen LogP contribution is 2.44. The molecule has 0 bridgehead atoms. The third kappa shape index (κ3) is 5.45. The van der Waals surface area contributed by atoms with Crippen LogP contribution in [0.15, 0.2) is 0 Å². The summed E-state index contributed by atoms with van der Waals surface area (Å²) < 4.78 is 0. The lowest BCUT2D eigenvalue weighted by atomic mass is 9.64. The van der Waals surface area contributed by atoms with E-state index in [-0.39, 0.29) is 0 Å². The van der Waals surface area contributed by atoms with E-state index in [1.165, 1.54) is 70.9 Å². The SMILES string of the molecule is CCCCC(CC)(CNCC(C)C)C1CCCCC1. The summed E-state index contributed by atoms with van der Waals surface area (Å²) in [7, 11) is 0. The van der Waals surface area contributed by atoms with Gasteiger partial charge in [0.15, 0.2) is 0 Å². The van der Waals surface area contributed by atoms with Crippen LogP contribution in [0.5, 0.6) is 0 Å². The third-order valence-corrected chi connectivity index (χ3v) is 5.23. The monoisotopic (exact) mass is 267 g/mol. The number of nitrogens with one attached hydrogen (secondary N) is 1. The Kier molecular flexibility index (Phi) is 8.06. The smallest absolute Gasteiger partial charge is 0.00105 e. The van der Waals surface area contributed by atoms with E-state index in [0.717, 1.165) is 11.8 Å². The minimum Gasteiger partial charge on any atom is -0.316 e. The molecule has 1 N–H and O–H groups in total. The third-order valence-electron chi connectivity index (χ3n) is 5.23. The first kappa shape index (κ1) is 17.0. The Morgan fingerprint density at radius 3 is 2.32 bits per heavy atom. The average Bonchev–Trinajstić information content (AvgIpc) is 2.43. The maximum absolute atomic E-state index is 3.78. The Labute approximate surface area is 121 Å². The van der Waals surface area contributed by atoms with Gasteiger partial charge in [0.1, 0.15) is 0 Å². The second-order valence-corrected chi connectivity index (χ2v) is 7.18. The predicted molar refractivity (Wildman–Crippen MR) is 86.5 cm³/mol. The Balaban J connectivity index is 2.62. The van der Waals surface area contributed by atoms with Crippen molar-refractivity contribution < 1.29 is 0 Å². The van der Waals surface area contributed by atoms with Gasteiger partial charge in [-0.3, -0.25) is 0 Å². The summed E-state index contributed by atoms with van der Waals surface area (Å²) in [4.78, 5) is 0. The van der Waals surface area contributed by atoms with E-state index in [9.17, 15) is 0 Å². The molecule has 114 valence electrons. The van der Waals surface area contributed by atoms with Gasteiger partial charge in [0, 0.05) is 6.54 Å². The Morgan fingerprint density at radius 2 is 1.79 bits per heavy atom. The van der Waals surface area contributed by atoms with Gasteiger partial charge in [-0.05, 0) is 49.5 Å². The van der Waals surface area contributed by atoms with Crippen LogP contribution in [-0.2, 0) is 0 Å². The zero-order valence-corrected chi connectivity index (χ0v) is 13.9. The van der Waals surface area contributed by atoms with E-state index < -0.39 is 0 Å². The molecule has 1 aliphatic carbocycles. The molecule has 0 spiro atoms. The number of hydrogen-bond acceptors (Lipinski definition) is 1. The van der Waals surface area contributed by atoms with Gasteiger partial charge in [0.25, 0.3) is 0 Å². The van der Waals surface area contributed by atoms with Crippen LogP contribution in [0.1, 0.15) is 85.5 Å². The van der Waals surface area contributed by atoms with Gasteiger partial charge in [0.05, 0.1) is 0 Å². The van der Waals surface area contributed by atoms with Crippen molar-refractivity contribution in [3.63, 3.8) is 0 Å². The largest absolute Gasteiger partial charge is 0.316 e. The van der Waals surface area contributed by atoms with Crippen molar-refractivity contribution in [3.8, 4) is 0 Å². The maximum atomic E-state index is 3.78. The topological polar surface area (TPSA) is 12.0 Å². The minimum atomic E-state index is 0.589. The summed E-state index contributed by atoms with van der Waals surface area (Å²) >= 11 is 0. The molecule has 1 rings (SSSR count). The highest BCUT2D eigenvalue weighted by molar-refractivity contribution is 4.89. The first-order valence-electron chi connectivity index (χ1n) is 8.85. The van der Waals surface area contributed by atoms with E-state index >= 15 is 0 Å². The fourth-order valence-electron chi connectivity index (χ4n) is 3.88. The molecule has 0 saturated heterocycles. The molecular formula is C18H37N.